The van der Waals surface area contributed by atoms with Crippen LogP contribution in [0.4, 0.5) is 4.79 Å². The minimum absolute atomic E-state index is 0.131. The number of nitrogens with zero attached hydrogens (tertiary/aromatic N) is 1. The van der Waals surface area contributed by atoms with Crippen LogP contribution in [-0.4, -0.2) is 40.8 Å². The second kappa shape index (κ2) is 5.27. The number of esters is 1. The molecule has 0 saturated carbocycles. The molecule has 1 saturated heterocycles. The fourth-order valence-electron chi connectivity index (χ4n) is 2.99. The van der Waals surface area contributed by atoms with Gasteiger partial charge in [0.15, 0.2) is 0 Å². The molecule has 2 aliphatic heterocycles. The second-order valence-corrected chi connectivity index (χ2v) is 5.40. The summed E-state index contributed by atoms with van der Waals surface area (Å²) in [6.07, 6.45) is 0.526. The van der Waals surface area contributed by atoms with Gasteiger partial charge in [-0.15, -0.1) is 0 Å². The molecule has 2 aliphatic rings. The van der Waals surface area contributed by atoms with Gasteiger partial charge in [0, 0.05) is 12.1 Å². The SMILES string of the molecule is CC(Oc1ccc2c(c1)COC2=O)[C@@H]1CCCN1C(=O)O. The van der Waals surface area contributed by atoms with Gasteiger partial charge >= 0.3 is 12.1 Å². The van der Waals surface area contributed by atoms with Crippen LogP contribution in [0.2, 0.25) is 0 Å². The first-order valence-electron chi connectivity index (χ1n) is 7.02. The quantitative estimate of drug-likeness (QED) is 0.864. The van der Waals surface area contributed by atoms with Crippen molar-refractivity contribution in [2.75, 3.05) is 6.54 Å². The summed E-state index contributed by atoms with van der Waals surface area (Å²) < 4.78 is 10.8. The first kappa shape index (κ1) is 13.7. The molecule has 0 aliphatic carbocycles. The van der Waals surface area contributed by atoms with Gasteiger partial charge in [0.1, 0.15) is 18.5 Å². The number of carboxylic acid groups (broad SMARTS) is 1. The summed E-state index contributed by atoms with van der Waals surface area (Å²) in [5.74, 6) is 0.328. The summed E-state index contributed by atoms with van der Waals surface area (Å²) in [6.45, 7) is 2.70. The lowest BCUT2D eigenvalue weighted by Crippen LogP contribution is -2.43. The fraction of sp³-hybridized carbons (Fsp3) is 0.467. The van der Waals surface area contributed by atoms with Crippen LogP contribution in [0.25, 0.3) is 0 Å². The molecule has 3 rings (SSSR count). The minimum Gasteiger partial charge on any atom is -0.489 e. The van der Waals surface area contributed by atoms with E-state index in [9.17, 15) is 14.7 Å². The van der Waals surface area contributed by atoms with Crippen LogP contribution < -0.4 is 4.74 Å². The van der Waals surface area contributed by atoms with E-state index in [0.29, 0.717) is 17.9 Å². The lowest BCUT2D eigenvalue weighted by Gasteiger charge is -2.27. The number of hydrogen-bond acceptors (Lipinski definition) is 4. The van der Waals surface area contributed by atoms with Crippen LogP contribution in [0.15, 0.2) is 18.2 Å². The molecule has 1 unspecified atom stereocenters. The zero-order valence-electron chi connectivity index (χ0n) is 11.7. The number of benzene rings is 1. The van der Waals surface area contributed by atoms with Crippen molar-refractivity contribution in [1.82, 2.24) is 4.90 Å². The van der Waals surface area contributed by atoms with E-state index in [4.69, 9.17) is 9.47 Å². The lowest BCUT2D eigenvalue weighted by atomic mass is 10.1. The predicted octanol–water partition coefficient (Wildman–Crippen LogP) is 2.27. The van der Waals surface area contributed by atoms with E-state index < -0.39 is 6.09 Å². The molecule has 6 heteroatoms. The Kier molecular flexibility index (Phi) is 3.45. The second-order valence-electron chi connectivity index (χ2n) is 5.40. The number of fused-ring (bicyclic) bond motifs is 1. The lowest BCUT2D eigenvalue weighted by molar-refractivity contribution is 0.0535. The first-order chi connectivity index (χ1) is 10.1. The Hall–Kier alpha value is -2.24. The molecule has 1 aromatic carbocycles. The van der Waals surface area contributed by atoms with E-state index >= 15 is 0 Å². The van der Waals surface area contributed by atoms with Gasteiger partial charge in [0.25, 0.3) is 0 Å². The molecule has 2 atom stereocenters. The maximum atomic E-state index is 11.4. The molecule has 0 bridgehead atoms. The van der Waals surface area contributed by atoms with Gasteiger partial charge in [-0.25, -0.2) is 9.59 Å². The third kappa shape index (κ3) is 2.53. The maximum Gasteiger partial charge on any atom is 0.407 e. The smallest absolute Gasteiger partial charge is 0.407 e. The number of carbonyl (C=O) groups is 2. The number of cyclic esters (lactones) is 1. The van der Waals surface area contributed by atoms with Gasteiger partial charge in [-0.05, 0) is 38.0 Å². The van der Waals surface area contributed by atoms with E-state index in [0.717, 1.165) is 18.4 Å². The number of amides is 1. The monoisotopic (exact) mass is 291 g/mol. The van der Waals surface area contributed by atoms with E-state index in [-0.39, 0.29) is 24.7 Å². The van der Waals surface area contributed by atoms with Crippen molar-refractivity contribution in [3.05, 3.63) is 29.3 Å². The molecule has 6 nitrogen and oxygen atoms in total. The Balaban J connectivity index is 1.72. The zero-order valence-corrected chi connectivity index (χ0v) is 11.7. The predicted molar refractivity (Wildman–Crippen MR) is 73.4 cm³/mol. The summed E-state index contributed by atoms with van der Waals surface area (Å²) in [7, 11) is 0. The van der Waals surface area contributed by atoms with Crippen LogP contribution in [-0.2, 0) is 11.3 Å². The molecule has 1 fully saturated rings. The minimum atomic E-state index is -0.902. The first-order valence-corrected chi connectivity index (χ1v) is 7.02. The molecule has 2 heterocycles. The number of likely N-dealkylation sites (tertiary alicyclic amines) is 1. The molecular weight excluding hydrogens is 274 g/mol. The Labute approximate surface area is 122 Å². The largest absolute Gasteiger partial charge is 0.489 e. The molecule has 112 valence electrons. The molecule has 1 amide bonds. The fourth-order valence-corrected chi connectivity index (χ4v) is 2.99. The maximum absolute atomic E-state index is 11.4. The van der Waals surface area contributed by atoms with Gasteiger partial charge in [-0.2, -0.15) is 0 Å². The van der Waals surface area contributed by atoms with Crippen molar-refractivity contribution in [2.45, 2.75) is 38.5 Å². The van der Waals surface area contributed by atoms with Crippen molar-refractivity contribution in [2.24, 2.45) is 0 Å². The normalized spacial score (nSPS) is 21.9. The Morgan fingerprint density at radius 3 is 3.10 bits per heavy atom. The summed E-state index contributed by atoms with van der Waals surface area (Å²) in [5.41, 5.74) is 1.38. The molecule has 0 radical (unpaired) electrons. The Bertz CT molecular complexity index is 585. The van der Waals surface area contributed by atoms with Crippen LogP contribution >= 0.6 is 0 Å². The van der Waals surface area contributed by atoms with E-state index in [1.165, 1.54) is 4.90 Å². The highest BCUT2D eigenvalue weighted by molar-refractivity contribution is 5.93. The van der Waals surface area contributed by atoms with Crippen LogP contribution in [0.3, 0.4) is 0 Å². The average Bonchev–Trinajstić information content (AvgIpc) is 3.06. The van der Waals surface area contributed by atoms with Crippen LogP contribution in [0, 0.1) is 0 Å². The number of rotatable bonds is 3. The van der Waals surface area contributed by atoms with Gasteiger partial charge in [0.05, 0.1) is 11.6 Å². The van der Waals surface area contributed by atoms with Crippen molar-refractivity contribution >= 4 is 12.1 Å². The van der Waals surface area contributed by atoms with Gasteiger partial charge in [0.2, 0.25) is 0 Å². The molecule has 1 N–H and O–H groups in total. The number of ether oxygens (including phenoxy) is 2. The molecule has 0 aromatic heterocycles. The average molecular weight is 291 g/mol. The Morgan fingerprint density at radius 1 is 1.52 bits per heavy atom. The highest BCUT2D eigenvalue weighted by atomic mass is 16.5. The van der Waals surface area contributed by atoms with Crippen LogP contribution in [0.1, 0.15) is 35.7 Å². The van der Waals surface area contributed by atoms with Crippen molar-refractivity contribution in [3.63, 3.8) is 0 Å². The van der Waals surface area contributed by atoms with Gasteiger partial charge in [-0.3, -0.25) is 0 Å². The highest BCUT2D eigenvalue weighted by Crippen LogP contribution is 2.27. The van der Waals surface area contributed by atoms with Crippen molar-refractivity contribution in [1.29, 1.82) is 0 Å². The molecule has 1 aromatic rings. The standard InChI is InChI=1S/C15H17NO5/c1-9(13-3-2-6-16(13)15(18)19)21-11-4-5-12-10(7-11)8-20-14(12)17/h4-5,7,9,13H,2-3,6,8H2,1H3,(H,18,19)/t9?,13-/m0/s1. The molecule has 0 spiro atoms. The van der Waals surface area contributed by atoms with Crippen molar-refractivity contribution < 1.29 is 24.2 Å². The highest BCUT2D eigenvalue weighted by Gasteiger charge is 2.34. The third-order valence-electron chi connectivity index (χ3n) is 4.06. The molecular formula is C15H17NO5. The summed E-state index contributed by atoms with van der Waals surface area (Å²) in [5, 5.41) is 9.17. The van der Waals surface area contributed by atoms with Gasteiger partial charge in [-0.1, -0.05) is 0 Å². The molecule has 21 heavy (non-hydrogen) atoms. The van der Waals surface area contributed by atoms with Crippen molar-refractivity contribution in [3.8, 4) is 5.75 Å². The third-order valence-corrected chi connectivity index (χ3v) is 4.06. The Morgan fingerprint density at radius 2 is 2.33 bits per heavy atom. The van der Waals surface area contributed by atoms with Gasteiger partial charge < -0.3 is 19.5 Å². The van der Waals surface area contributed by atoms with Crippen LogP contribution in [0.5, 0.6) is 5.75 Å². The van der Waals surface area contributed by atoms with E-state index in [2.05, 4.69) is 0 Å². The van der Waals surface area contributed by atoms with E-state index in [1.54, 1.807) is 18.2 Å². The van der Waals surface area contributed by atoms with E-state index in [1.807, 2.05) is 6.92 Å². The number of carbonyl (C=O) groups excluding carboxylic acids is 1. The topological polar surface area (TPSA) is 76.1 Å². The summed E-state index contributed by atoms with van der Waals surface area (Å²) >= 11 is 0. The summed E-state index contributed by atoms with van der Waals surface area (Å²) in [6, 6.07) is 5.07. The summed E-state index contributed by atoms with van der Waals surface area (Å²) in [4.78, 5) is 24.0. The number of hydrogen-bond donors (Lipinski definition) is 1. The zero-order chi connectivity index (χ0) is 15.0.